The summed E-state index contributed by atoms with van der Waals surface area (Å²) in [6, 6.07) is 4.28. The van der Waals surface area contributed by atoms with Gasteiger partial charge in [0.1, 0.15) is 5.82 Å². The molecule has 88 valence electrons. The van der Waals surface area contributed by atoms with Crippen molar-refractivity contribution >= 4 is 21.8 Å². The van der Waals surface area contributed by atoms with E-state index >= 15 is 0 Å². The van der Waals surface area contributed by atoms with E-state index in [0.717, 1.165) is 0 Å². The molecule has 0 saturated carbocycles. The molecule has 3 nitrogen and oxygen atoms in total. The van der Waals surface area contributed by atoms with Crippen LogP contribution in [0.1, 0.15) is 17.3 Å². The van der Waals surface area contributed by atoms with Crippen molar-refractivity contribution in [1.29, 1.82) is 0 Å². The van der Waals surface area contributed by atoms with Gasteiger partial charge < -0.3 is 11.1 Å². The molecule has 0 aliphatic heterocycles. The van der Waals surface area contributed by atoms with Gasteiger partial charge in [-0.25, -0.2) is 4.39 Å². The first-order chi connectivity index (χ1) is 7.54. The van der Waals surface area contributed by atoms with E-state index in [1.165, 1.54) is 12.1 Å². The van der Waals surface area contributed by atoms with Gasteiger partial charge in [0, 0.05) is 12.1 Å². The molecule has 16 heavy (non-hydrogen) atoms. The molecular weight excluding hydrogens is 275 g/mol. The van der Waals surface area contributed by atoms with E-state index in [2.05, 4.69) is 21.2 Å². The van der Waals surface area contributed by atoms with E-state index in [4.69, 9.17) is 5.73 Å². The third-order valence-corrected chi connectivity index (χ3v) is 2.84. The number of nitrogens with two attached hydrogens (primary N) is 1. The first-order valence-corrected chi connectivity index (χ1v) is 5.77. The van der Waals surface area contributed by atoms with Crippen molar-refractivity contribution in [2.24, 2.45) is 11.7 Å². The van der Waals surface area contributed by atoms with Gasteiger partial charge >= 0.3 is 0 Å². The maximum Gasteiger partial charge on any atom is 0.251 e. The summed E-state index contributed by atoms with van der Waals surface area (Å²) in [6.07, 6.45) is 0. The van der Waals surface area contributed by atoms with Gasteiger partial charge in [-0.05, 0) is 46.6 Å². The Balaban J connectivity index is 2.63. The molecule has 0 aliphatic carbocycles. The zero-order valence-electron chi connectivity index (χ0n) is 8.97. The molecule has 3 N–H and O–H groups in total. The molecule has 0 aromatic heterocycles. The quantitative estimate of drug-likeness (QED) is 0.889. The third kappa shape index (κ3) is 3.57. The molecule has 0 spiro atoms. The van der Waals surface area contributed by atoms with Crippen LogP contribution in [-0.4, -0.2) is 19.0 Å². The van der Waals surface area contributed by atoms with E-state index in [9.17, 15) is 9.18 Å². The second kappa shape index (κ2) is 5.96. The summed E-state index contributed by atoms with van der Waals surface area (Å²) in [4.78, 5) is 11.6. The largest absolute Gasteiger partial charge is 0.352 e. The summed E-state index contributed by atoms with van der Waals surface area (Å²) in [5.74, 6) is -0.518. The molecule has 1 amide bonds. The number of nitrogens with one attached hydrogen (secondary N) is 1. The van der Waals surface area contributed by atoms with Crippen LogP contribution in [0.5, 0.6) is 0 Å². The van der Waals surface area contributed by atoms with Gasteiger partial charge in [0.15, 0.2) is 0 Å². The Bertz CT molecular complexity index is 384. The van der Waals surface area contributed by atoms with Crippen molar-refractivity contribution in [3.8, 4) is 0 Å². The molecule has 1 aromatic carbocycles. The smallest absolute Gasteiger partial charge is 0.251 e. The summed E-state index contributed by atoms with van der Waals surface area (Å²) in [6.45, 7) is 2.93. The minimum Gasteiger partial charge on any atom is -0.352 e. The Morgan fingerprint density at radius 3 is 2.88 bits per heavy atom. The van der Waals surface area contributed by atoms with Crippen molar-refractivity contribution in [3.63, 3.8) is 0 Å². The maximum atomic E-state index is 13.2. The lowest BCUT2D eigenvalue weighted by Gasteiger charge is -2.10. The van der Waals surface area contributed by atoms with E-state index in [-0.39, 0.29) is 11.8 Å². The summed E-state index contributed by atoms with van der Waals surface area (Å²) >= 11 is 3.03. The van der Waals surface area contributed by atoms with Crippen LogP contribution in [0.15, 0.2) is 22.7 Å². The number of hydrogen-bond acceptors (Lipinski definition) is 2. The number of carbonyl (C=O) groups is 1. The van der Waals surface area contributed by atoms with Gasteiger partial charge in [0.25, 0.3) is 5.91 Å². The van der Waals surface area contributed by atoms with Crippen molar-refractivity contribution in [3.05, 3.63) is 34.1 Å². The fourth-order valence-corrected chi connectivity index (χ4v) is 1.34. The van der Waals surface area contributed by atoms with Crippen molar-refractivity contribution in [1.82, 2.24) is 5.32 Å². The number of halogens is 2. The van der Waals surface area contributed by atoms with E-state index in [1.807, 2.05) is 6.92 Å². The van der Waals surface area contributed by atoms with E-state index in [0.29, 0.717) is 23.1 Å². The highest BCUT2D eigenvalue weighted by Gasteiger charge is 2.09. The van der Waals surface area contributed by atoms with Gasteiger partial charge in [0.2, 0.25) is 0 Å². The molecule has 0 bridgehead atoms. The fraction of sp³-hybridized carbons (Fsp3) is 0.364. The zero-order chi connectivity index (χ0) is 12.1. The Kier molecular flexibility index (Phi) is 4.89. The average Bonchev–Trinajstić information content (AvgIpc) is 2.29. The normalized spacial score (nSPS) is 12.2. The van der Waals surface area contributed by atoms with Crippen LogP contribution in [-0.2, 0) is 0 Å². The molecule has 1 atom stereocenters. The van der Waals surface area contributed by atoms with Crippen LogP contribution in [0, 0.1) is 11.7 Å². The molecule has 0 saturated heterocycles. The standard InChI is InChI=1S/C11H14BrFN2O/c1-7(5-14)6-15-11(16)8-2-3-9(12)10(13)4-8/h2-4,7H,5-6,14H2,1H3,(H,15,16). The minimum absolute atomic E-state index is 0.212. The summed E-state index contributed by atoms with van der Waals surface area (Å²) < 4.78 is 13.5. The highest BCUT2D eigenvalue weighted by molar-refractivity contribution is 9.10. The second-order valence-corrected chi connectivity index (χ2v) is 4.53. The summed E-state index contributed by atoms with van der Waals surface area (Å²) in [7, 11) is 0. The van der Waals surface area contributed by atoms with Gasteiger partial charge in [-0.15, -0.1) is 0 Å². The molecule has 0 fully saturated rings. The number of hydrogen-bond donors (Lipinski definition) is 2. The molecule has 1 unspecified atom stereocenters. The molecule has 0 heterocycles. The predicted molar refractivity (Wildman–Crippen MR) is 64.7 cm³/mol. The van der Waals surface area contributed by atoms with Crippen LogP contribution >= 0.6 is 15.9 Å². The molecule has 1 rings (SSSR count). The molecular formula is C11H14BrFN2O. The van der Waals surface area contributed by atoms with Crippen molar-refractivity contribution < 1.29 is 9.18 Å². The van der Waals surface area contributed by atoms with Crippen LogP contribution < -0.4 is 11.1 Å². The predicted octanol–water partition coefficient (Wildman–Crippen LogP) is 1.91. The second-order valence-electron chi connectivity index (χ2n) is 3.68. The SMILES string of the molecule is CC(CN)CNC(=O)c1ccc(Br)c(F)c1. The molecule has 1 aromatic rings. The molecule has 0 aliphatic rings. The maximum absolute atomic E-state index is 13.2. The highest BCUT2D eigenvalue weighted by Crippen LogP contribution is 2.16. The number of amides is 1. The topological polar surface area (TPSA) is 55.1 Å². The molecule has 0 radical (unpaired) electrons. The van der Waals surface area contributed by atoms with Crippen molar-refractivity contribution in [2.75, 3.05) is 13.1 Å². The third-order valence-electron chi connectivity index (χ3n) is 2.20. The van der Waals surface area contributed by atoms with Gasteiger partial charge in [-0.2, -0.15) is 0 Å². The number of carbonyl (C=O) groups excluding carboxylic acids is 1. The fourth-order valence-electron chi connectivity index (χ4n) is 1.09. The van der Waals surface area contributed by atoms with E-state index < -0.39 is 5.82 Å². The van der Waals surface area contributed by atoms with Crippen molar-refractivity contribution in [2.45, 2.75) is 6.92 Å². The van der Waals surface area contributed by atoms with Crippen LogP contribution in [0.25, 0.3) is 0 Å². The minimum atomic E-state index is -0.445. The Hall–Kier alpha value is -0.940. The number of rotatable bonds is 4. The lowest BCUT2D eigenvalue weighted by atomic mass is 10.1. The van der Waals surface area contributed by atoms with Gasteiger partial charge in [0.05, 0.1) is 4.47 Å². The van der Waals surface area contributed by atoms with Gasteiger partial charge in [-0.1, -0.05) is 6.92 Å². The first-order valence-electron chi connectivity index (χ1n) is 4.98. The van der Waals surface area contributed by atoms with E-state index in [1.54, 1.807) is 6.07 Å². The zero-order valence-corrected chi connectivity index (χ0v) is 10.6. The lowest BCUT2D eigenvalue weighted by molar-refractivity contribution is 0.0948. The Morgan fingerprint density at radius 1 is 1.62 bits per heavy atom. The highest BCUT2D eigenvalue weighted by atomic mass is 79.9. The average molecular weight is 289 g/mol. The lowest BCUT2D eigenvalue weighted by Crippen LogP contribution is -2.31. The van der Waals surface area contributed by atoms with Crippen LogP contribution in [0.2, 0.25) is 0 Å². The molecule has 5 heteroatoms. The monoisotopic (exact) mass is 288 g/mol. The van der Waals surface area contributed by atoms with Crippen LogP contribution in [0.3, 0.4) is 0 Å². The van der Waals surface area contributed by atoms with Gasteiger partial charge in [-0.3, -0.25) is 4.79 Å². The summed E-state index contributed by atoms with van der Waals surface area (Å²) in [5, 5.41) is 2.70. The number of benzene rings is 1. The first kappa shape index (κ1) is 13.1. The summed E-state index contributed by atoms with van der Waals surface area (Å²) in [5.41, 5.74) is 5.73. The Morgan fingerprint density at radius 2 is 2.31 bits per heavy atom. The Labute approximate surface area is 102 Å². The van der Waals surface area contributed by atoms with Crippen LogP contribution in [0.4, 0.5) is 4.39 Å².